The van der Waals surface area contributed by atoms with Gasteiger partial charge in [-0.2, -0.15) is 5.10 Å². The maximum atomic E-state index is 14.3. The summed E-state index contributed by atoms with van der Waals surface area (Å²) in [4.78, 5) is 17.6. The van der Waals surface area contributed by atoms with Gasteiger partial charge in [0.05, 0.1) is 11.8 Å². The number of nitrogens with zero attached hydrogens (tertiary/aromatic N) is 4. The van der Waals surface area contributed by atoms with E-state index in [4.69, 9.17) is 16.3 Å². The summed E-state index contributed by atoms with van der Waals surface area (Å²) in [5, 5.41) is 7.04. The van der Waals surface area contributed by atoms with E-state index in [1.807, 2.05) is 20.9 Å². The van der Waals surface area contributed by atoms with Crippen LogP contribution in [0.2, 0.25) is 5.02 Å². The Labute approximate surface area is 167 Å². The number of aldehydes is 1. The second-order valence-electron chi connectivity index (χ2n) is 6.40. The average molecular weight is 406 g/mol. The highest BCUT2D eigenvalue weighted by molar-refractivity contribution is 6.34. The summed E-state index contributed by atoms with van der Waals surface area (Å²) in [6.07, 6.45) is 3.83. The zero-order chi connectivity index (χ0) is 20.3. The smallest absolute Gasteiger partial charge is 0.167 e. The molecule has 2 aromatic heterocycles. The number of hydrogen-bond donors (Lipinski definition) is 1. The fourth-order valence-corrected chi connectivity index (χ4v) is 3.10. The Kier molecular flexibility index (Phi) is 6.11. The normalized spacial score (nSPS) is 11.2. The standard InChI is InChI=1S/C19H21ClFN5O2/c1-12(2)26(16-6-8-25-19(24-16)13(11-27)10-23-25)18-15(28-9-7-22-3)5-4-14(21)17(18)20/h4-6,8,10-12,22H,7,9H2,1-3H3. The predicted molar refractivity (Wildman–Crippen MR) is 106 cm³/mol. The van der Waals surface area contributed by atoms with Crippen LogP contribution in [0.3, 0.4) is 0 Å². The molecular weight excluding hydrogens is 385 g/mol. The lowest BCUT2D eigenvalue weighted by atomic mass is 10.2. The first-order valence-corrected chi connectivity index (χ1v) is 9.20. The molecule has 0 aliphatic rings. The highest BCUT2D eigenvalue weighted by atomic mass is 35.5. The molecule has 148 valence electrons. The first-order chi connectivity index (χ1) is 13.5. The molecule has 0 unspecified atom stereocenters. The summed E-state index contributed by atoms with van der Waals surface area (Å²) in [7, 11) is 1.82. The summed E-state index contributed by atoms with van der Waals surface area (Å²) in [5.41, 5.74) is 1.15. The number of likely N-dealkylation sites (N-methyl/N-ethyl adjacent to an activating group) is 1. The molecule has 7 nitrogen and oxygen atoms in total. The van der Waals surface area contributed by atoms with Crippen LogP contribution in [-0.4, -0.2) is 47.1 Å². The van der Waals surface area contributed by atoms with Gasteiger partial charge in [-0.3, -0.25) is 4.79 Å². The van der Waals surface area contributed by atoms with Gasteiger partial charge in [-0.25, -0.2) is 13.9 Å². The van der Waals surface area contributed by atoms with Crippen LogP contribution < -0.4 is 15.0 Å². The van der Waals surface area contributed by atoms with Gasteiger partial charge in [0.15, 0.2) is 11.9 Å². The van der Waals surface area contributed by atoms with Crippen LogP contribution in [0.25, 0.3) is 5.65 Å². The van der Waals surface area contributed by atoms with E-state index in [0.717, 1.165) is 0 Å². The first kappa shape index (κ1) is 20.0. The van der Waals surface area contributed by atoms with Crippen molar-refractivity contribution in [2.45, 2.75) is 19.9 Å². The van der Waals surface area contributed by atoms with Crippen molar-refractivity contribution < 1.29 is 13.9 Å². The van der Waals surface area contributed by atoms with Crippen molar-refractivity contribution in [2.75, 3.05) is 25.1 Å². The Morgan fingerprint density at radius 1 is 1.39 bits per heavy atom. The number of benzene rings is 1. The summed E-state index contributed by atoms with van der Waals surface area (Å²) >= 11 is 6.34. The zero-order valence-electron chi connectivity index (χ0n) is 15.8. The van der Waals surface area contributed by atoms with Crippen molar-refractivity contribution >= 4 is 35.0 Å². The monoisotopic (exact) mass is 405 g/mol. The molecule has 1 N–H and O–H groups in total. The van der Waals surface area contributed by atoms with E-state index in [0.29, 0.717) is 47.9 Å². The molecule has 9 heteroatoms. The number of fused-ring (bicyclic) bond motifs is 1. The largest absolute Gasteiger partial charge is 0.490 e. The number of aromatic nitrogens is 3. The minimum Gasteiger partial charge on any atom is -0.490 e. The Morgan fingerprint density at radius 3 is 2.86 bits per heavy atom. The number of nitrogens with one attached hydrogen (secondary N) is 1. The van der Waals surface area contributed by atoms with E-state index in [9.17, 15) is 9.18 Å². The van der Waals surface area contributed by atoms with Crippen LogP contribution in [0, 0.1) is 5.82 Å². The molecule has 0 fully saturated rings. The number of carbonyl (C=O) groups excluding carboxylic acids is 1. The lowest BCUT2D eigenvalue weighted by Crippen LogP contribution is -2.28. The molecule has 0 saturated carbocycles. The Balaban J connectivity index is 2.14. The zero-order valence-corrected chi connectivity index (χ0v) is 16.6. The summed E-state index contributed by atoms with van der Waals surface area (Å²) in [6.45, 7) is 4.88. The average Bonchev–Trinajstić information content (AvgIpc) is 3.09. The van der Waals surface area contributed by atoms with Crippen molar-refractivity contribution in [3.63, 3.8) is 0 Å². The van der Waals surface area contributed by atoms with Crippen LogP contribution in [0.15, 0.2) is 30.6 Å². The molecule has 0 radical (unpaired) electrons. The lowest BCUT2D eigenvalue weighted by molar-refractivity contribution is 0.112. The van der Waals surface area contributed by atoms with E-state index in [-0.39, 0.29) is 11.1 Å². The molecule has 0 atom stereocenters. The maximum absolute atomic E-state index is 14.3. The number of carbonyl (C=O) groups is 1. The summed E-state index contributed by atoms with van der Waals surface area (Å²) < 4.78 is 21.6. The topological polar surface area (TPSA) is 71.8 Å². The second-order valence-corrected chi connectivity index (χ2v) is 6.77. The molecule has 1 aromatic carbocycles. The number of halogens is 2. The van der Waals surface area contributed by atoms with Crippen molar-refractivity contribution in [1.82, 2.24) is 19.9 Å². The third-order valence-corrected chi connectivity index (χ3v) is 4.51. The Morgan fingerprint density at radius 2 is 2.18 bits per heavy atom. The van der Waals surface area contributed by atoms with Gasteiger partial charge in [0, 0.05) is 18.8 Å². The summed E-state index contributed by atoms with van der Waals surface area (Å²) in [6, 6.07) is 4.43. The molecule has 0 amide bonds. The highest BCUT2D eigenvalue weighted by Gasteiger charge is 2.25. The molecule has 3 aromatic rings. The molecule has 2 heterocycles. The number of ether oxygens (including phenoxy) is 1. The van der Waals surface area contributed by atoms with Gasteiger partial charge in [-0.05, 0) is 39.1 Å². The molecule has 0 aliphatic heterocycles. The van der Waals surface area contributed by atoms with Crippen LogP contribution >= 0.6 is 11.6 Å². The van der Waals surface area contributed by atoms with Gasteiger partial charge < -0.3 is 15.0 Å². The van der Waals surface area contributed by atoms with Crippen LogP contribution in [0.1, 0.15) is 24.2 Å². The SMILES string of the molecule is CNCCOc1ccc(F)c(Cl)c1N(c1ccn2ncc(C=O)c2n1)C(C)C. The Hall–Kier alpha value is -2.71. The fourth-order valence-electron chi connectivity index (χ4n) is 2.86. The lowest BCUT2D eigenvalue weighted by Gasteiger charge is -2.30. The van der Waals surface area contributed by atoms with E-state index in [1.54, 1.807) is 23.2 Å². The molecule has 0 spiro atoms. The quantitative estimate of drug-likeness (QED) is 0.457. The Bertz CT molecular complexity index is 992. The highest BCUT2D eigenvalue weighted by Crippen LogP contribution is 2.42. The van der Waals surface area contributed by atoms with Gasteiger partial charge in [0.2, 0.25) is 0 Å². The fraction of sp³-hybridized carbons (Fsp3) is 0.316. The van der Waals surface area contributed by atoms with Gasteiger partial charge in [0.25, 0.3) is 0 Å². The predicted octanol–water partition coefficient (Wildman–Crippen LogP) is 3.48. The van der Waals surface area contributed by atoms with E-state index in [1.165, 1.54) is 16.8 Å². The summed E-state index contributed by atoms with van der Waals surface area (Å²) in [5.74, 6) is 0.389. The van der Waals surface area contributed by atoms with Crippen molar-refractivity contribution in [3.8, 4) is 5.75 Å². The second kappa shape index (κ2) is 8.53. The minimum atomic E-state index is -0.553. The van der Waals surface area contributed by atoms with Crippen LogP contribution in [-0.2, 0) is 0 Å². The number of hydrogen-bond acceptors (Lipinski definition) is 6. The van der Waals surface area contributed by atoms with Gasteiger partial charge in [-0.1, -0.05) is 11.6 Å². The molecule has 28 heavy (non-hydrogen) atoms. The van der Waals surface area contributed by atoms with Crippen molar-refractivity contribution in [1.29, 1.82) is 0 Å². The van der Waals surface area contributed by atoms with Gasteiger partial charge in [-0.15, -0.1) is 0 Å². The van der Waals surface area contributed by atoms with Gasteiger partial charge >= 0.3 is 0 Å². The molecular formula is C19H21ClFN5O2. The van der Waals surface area contributed by atoms with Gasteiger partial charge in [0.1, 0.15) is 34.7 Å². The van der Waals surface area contributed by atoms with Crippen LogP contribution in [0.4, 0.5) is 15.9 Å². The molecule has 0 saturated heterocycles. The minimum absolute atomic E-state index is 0.0542. The third kappa shape index (κ3) is 3.79. The van der Waals surface area contributed by atoms with Crippen LogP contribution in [0.5, 0.6) is 5.75 Å². The van der Waals surface area contributed by atoms with Crippen molar-refractivity contribution in [3.05, 3.63) is 47.0 Å². The number of anilines is 2. The van der Waals surface area contributed by atoms with E-state index >= 15 is 0 Å². The molecule has 3 rings (SSSR count). The van der Waals surface area contributed by atoms with E-state index in [2.05, 4.69) is 15.4 Å². The van der Waals surface area contributed by atoms with Crippen molar-refractivity contribution in [2.24, 2.45) is 0 Å². The maximum Gasteiger partial charge on any atom is 0.167 e. The number of rotatable bonds is 8. The molecule has 0 aliphatic carbocycles. The first-order valence-electron chi connectivity index (χ1n) is 8.82. The third-order valence-electron chi connectivity index (χ3n) is 4.15. The molecule has 0 bridgehead atoms. The van der Waals surface area contributed by atoms with E-state index < -0.39 is 5.82 Å².